The van der Waals surface area contributed by atoms with Crippen LogP contribution in [0.15, 0.2) is 46.9 Å². The monoisotopic (exact) mass is 345 g/mol. The van der Waals surface area contributed by atoms with Crippen LogP contribution >= 0.6 is 15.9 Å². The summed E-state index contributed by atoms with van der Waals surface area (Å²) in [5.74, 6) is 0.794. The van der Waals surface area contributed by atoms with Crippen LogP contribution in [0.1, 0.15) is 22.3 Å². The number of para-hydroxylation sites is 2. The Labute approximate surface area is 132 Å². The number of amides is 1. The normalized spacial score (nSPS) is 14.1. The molecule has 0 spiro atoms. The van der Waals surface area contributed by atoms with Gasteiger partial charge in [0.25, 0.3) is 5.91 Å². The van der Waals surface area contributed by atoms with Gasteiger partial charge in [0.2, 0.25) is 0 Å². The number of hydrogen-bond donors (Lipinski definition) is 0. The van der Waals surface area contributed by atoms with E-state index in [1.165, 1.54) is 0 Å². The summed E-state index contributed by atoms with van der Waals surface area (Å²) in [6.45, 7) is 3.26. The van der Waals surface area contributed by atoms with Gasteiger partial charge in [0.05, 0.1) is 12.3 Å². The lowest BCUT2D eigenvalue weighted by Crippen LogP contribution is -2.32. The van der Waals surface area contributed by atoms with Crippen LogP contribution in [0.25, 0.3) is 0 Å². The third kappa shape index (κ3) is 2.68. The molecule has 0 saturated carbocycles. The third-order valence-corrected chi connectivity index (χ3v) is 4.54. The van der Waals surface area contributed by atoms with Crippen molar-refractivity contribution in [1.82, 2.24) is 0 Å². The number of nitrogens with zero attached hydrogens (tertiary/aromatic N) is 1. The van der Waals surface area contributed by atoms with E-state index in [9.17, 15) is 4.79 Å². The van der Waals surface area contributed by atoms with E-state index in [-0.39, 0.29) is 5.91 Å². The number of ether oxygens (including phenoxy) is 1. The van der Waals surface area contributed by atoms with Gasteiger partial charge in [-0.05, 0) is 43.2 Å². The highest BCUT2D eigenvalue weighted by molar-refractivity contribution is 9.10. The summed E-state index contributed by atoms with van der Waals surface area (Å²) < 4.78 is 6.67. The van der Waals surface area contributed by atoms with Crippen LogP contribution in [0, 0.1) is 6.92 Å². The molecule has 1 aliphatic rings. The summed E-state index contributed by atoms with van der Waals surface area (Å²) >= 11 is 3.49. The second-order valence-corrected chi connectivity index (χ2v) is 5.89. The predicted octanol–water partition coefficient (Wildman–Crippen LogP) is 4.19. The minimum absolute atomic E-state index is 0.0201. The largest absolute Gasteiger partial charge is 0.491 e. The minimum atomic E-state index is 0.0201. The van der Waals surface area contributed by atoms with Gasteiger partial charge in [0.15, 0.2) is 0 Å². The molecule has 2 aromatic carbocycles. The molecule has 0 aliphatic carbocycles. The lowest BCUT2D eigenvalue weighted by Gasteiger charge is -2.22. The van der Waals surface area contributed by atoms with Crippen LogP contribution in [0.2, 0.25) is 0 Å². The maximum atomic E-state index is 12.9. The molecule has 1 aliphatic heterocycles. The van der Waals surface area contributed by atoms with Gasteiger partial charge in [-0.15, -0.1) is 0 Å². The fourth-order valence-electron chi connectivity index (χ4n) is 2.52. The van der Waals surface area contributed by atoms with Crippen molar-refractivity contribution in [3.63, 3.8) is 0 Å². The number of hydrogen-bond acceptors (Lipinski definition) is 2. The Balaban J connectivity index is 2.03. The van der Waals surface area contributed by atoms with Crippen molar-refractivity contribution >= 4 is 27.5 Å². The highest BCUT2D eigenvalue weighted by Gasteiger charge is 2.24. The summed E-state index contributed by atoms with van der Waals surface area (Å²) in [4.78, 5) is 14.8. The zero-order valence-electron chi connectivity index (χ0n) is 11.8. The summed E-state index contributed by atoms with van der Waals surface area (Å²) in [6.07, 6.45) is 0.827. The van der Waals surface area contributed by atoms with E-state index in [2.05, 4.69) is 15.9 Å². The number of anilines is 1. The molecule has 108 valence electrons. The quantitative estimate of drug-likeness (QED) is 0.775. The maximum absolute atomic E-state index is 12.9. The van der Waals surface area contributed by atoms with Crippen molar-refractivity contribution in [2.24, 2.45) is 0 Å². The molecule has 0 unspecified atom stereocenters. The van der Waals surface area contributed by atoms with Gasteiger partial charge in [-0.25, -0.2) is 0 Å². The van der Waals surface area contributed by atoms with Crippen LogP contribution in [0.4, 0.5) is 5.69 Å². The van der Waals surface area contributed by atoms with Gasteiger partial charge < -0.3 is 9.64 Å². The van der Waals surface area contributed by atoms with Gasteiger partial charge in [-0.3, -0.25) is 4.79 Å². The molecular formula is C17H16BrNO2. The van der Waals surface area contributed by atoms with E-state index in [0.717, 1.165) is 33.5 Å². The van der Waals surface area contributed by atoms with E-state index in [4.69, 9.17) is 4.74 Å². The highest BCUT2D eigenvalue weighted by Crippen LogP contribution is 2.32. The standard InChI is InChI=1S/C17H16BrNO2/c1-12-13(6-4-7-14(12)18)17(20)19-10-5-11-21-16-9-3-2-8-15(16)19/h2-4,6-9H,5,10-11H2,1H3. The Morgan fingerprint density at radius 2 is 2.00 bits per heavy atom. The zero-order valence-corrected chi connectivity index (χ0v) is 13.4. The summed E-state index contributed by atoms with van der Waals surface area (Å²) in [7, 11) is 0. The van der Waals surface area contributed by atoms with Crippen molar-refractivity contribution < 1.29 is 9.53 Å². The Morgan fingerprint density at radius 3 is 2.86 bits per heavy atom. The first kappa shape index (κ1) is 14.1. The molecule has 0 saturated heterocycles. The van der Waals surface area contributed by atoms with Gasteiger partial charge in [-0.1, -0.05) is 34.1 Å². The molecule has 0 atom stereocenters. The van der Waals surface area contributed by atoms with E-state index in [0.29, 0.717) is 13.2 Å². The van der Waals surface area contributed by atoms with Crippen molar-refractivity contribution in [1.29, 1.82) is 0 Å². The fraction of sp³-hybridized carbons (Fsp3) is 0.235. The van der Waals surface area contributed by atoms with E-state index in [1.807, 2.05) is 54.3 Å². The average molecular weight is 346 g/mol. The molecule has 1 amide bonds. The second-order valence-electron chi connectivity index (χ2n) is 5.04. The SMILES string of the molecule is Cc1c(Br)cccc1C(=O)N1CCCOc2ccccc21. The van der Waals surface area contributed by atoms with E-state index in [1.54, 1.807) is 0 Å². The molecule has 0 radical (unpaired) electrons. The van der Waals surface area contributed by atoms with Crippen molar-refractivity contribution in [2.45, 2.75) is 13.3 Å². The predicted molar refractivity (Wildman–Crippen MR) is 87.1 cm³/mol. The first-order chi connectivity index (χ1) is 10.2. The number of halogens is 1. The molecule has 0 fully saturated rings. The first-order valence-electron chi connectivity index (χ1n) is 6.97. The van der Waals surface area contributed by atoms with Gasteiger partial charge in [0.1, 0.15) is 5.75 Å². The number of carbonyl (C=O) groups is 1. The van der Waals surface area contributed by atoms with E-state index < -0.39 is 0 Å². The molecule has 0 N–H and O–H groups in total. The Hall–Kier alpha value is -1.81. The Morgan fingerprint density at radius 1 is 1.19 bits per heavy atom. The molecule has 0 aromatic heterocycles. The topological polar surface area (TPSA) is 29.5 Å². The van der Waals surface area contributed by atoms with Crippen LogP contribution in [-0.4, -0.2) is 19.1 Å². The van der Waals surface area contributed by atoms with Gasteiger partial charge in [-0.2, -0.15) is 0 Å². The Kier molecular flexibility index (Phi) is 3.97. The molecule has 1 heterocycles. The smallest absolute Gasteiger partial charge is 0.258 e. The van der Waals surface area contributed by atoms with Crippen molar-refractivity contribution in [2.75, 3.05) is 18.1 Å². The van der Waals surface area contributed by atoms with Crippen LogP contribution in [0.5, 0.6) is 5.75 Å². The highest BCUT2D eigenvalue weighted by atomic mass is 79.9. The zero-order chi connectivity index (χ0) is 14.8. The second kappa shape index (κ2) is 5.90. The molecule has 3 nitrogen and oxygen atoms in total. The molecule has 2 aromatic rings. The number of benzene rings is 2. The molecule has 4 heteroatoms. The first-order valence-corrected chi connectivity index (χ1v) is 7.76. The number of rotatable bonds is 1. The minimum Gasteiger partial charge on any atom is -0.491 e. The average Bonchev–Trinajstić information content (AvgIpc) is 2.72. The lowest BCUT2D eigenvalue weighted by molar-refractivity contribution is 0.0986. The van der Waals surface area contributed by atoms with E-state index >= 15 is 0 Å². The van der Waals surface area contributed by atoms with Crippen LogP contribution in [-0.2, 0) is 0 Å². The van der Waals surface area contributed by atoms with Crippen molar-refractivity contribution in [3.8, 4) is 5.75 Å². The number of carbonyl (C=O) groups excluding carboxylic acids is 1. The molecule has 0 bridgehead atoms. The fourth-order valence-corrected chi connectivity index (χ4v) is 2.89. The van der Waals surface area contributed by atoms with Gasteiger partial charge in [0, 0.05) is 16.6 Å². The van der Waals surface area contributed by atoms with Crippen LogP contribution < -0.4 is 9.64 Å². The third-order valence-electron chi connectivity index (χ3n) is 3.68. The van der Waals surface area contributed by atoms with Crippen molar-refractivity contribution in [3.05, 3.63) is 58.1 Å². The number of fused-ring (bicyclic) bond motifs is 1. The summed E-state index contributed by atoms with van der Waals surface area (Å²) in [5, 5.41) is 0. The summed E-state index contributed by atoms with van der Waals surface area (Å²) in [6, 6.07) is 13.4. The molecule has 3 rings (SSSR count). The lowest BCUT2D eigenvalue weighted by atomic mass is 10.1. The maximum Gasteiger partial charge on any atom is 0.258 e. The summed E-state index contributed by atoms with van der Waals surface area (Å²) in [5.41, 5.74) is 2.53. The Bertz CT molecular complexity index is 684. The van der Waals surface area contributed by atoms with Gasteiger partial charge >= 0.3 is 0 Å². The molecular weight excluding hydrogens is 330 g/mol. The van der Waals surface area contributed by atoms with Crippen LogP contribution in [0.3, 0.4) is 0 Å². The molecule has 21 heavy (non-hydrogen) atoms.